The maximum atomic E-state index is 13.3. The predicted molar refractivity (Wildman–Crippen MR) is 123 cm³/mol. The van der Waals surface area contributed by atoms with E-state index in [-0.39, 0.29) is 30.7 Å². The number of likely N-dealkylation sites (N-methyl/N-ethyl adjacent to an activating group) is 1. The molecule has 1 fully saturated rings. The minimum Gasteiger partial charge on any atom is -0.340 e. The molecule has 0 bridgehead atoms. The Morgan fingerprint density at radius 3 is 1.87 bits per heavy atom. The molecule has 1 aliphatic heterocycles. The average molecular weight is 438 g/mol. The van der Waals surface area contributed by atoms with E-state index in [2.05, 4.69) is 23.5 Å². The van der Waals surface area contributed by atoms with E-state index in [9.17, 15) is 13.2 Å². The lowest BCUT2D eigenvalue weighted by molar-refractivity contribution is -0.132. The van der Waals surface area contributed by atoms with Crippen LogP contribution in [0.2, 0.25) is 0 Å². The molecule has 0 unspecified atom stereocenters. The molecule has 1 heterocycles. The topological polar surface area (TPSA) is 69.7 Å². The van der Waals surface area contributed by atoms with Gasteiger partial charge >= 0.3 is 0 Å². The molecule has 1 aromatic carbocycles. The Morgan fingerprint density at radius 2 is 1.43 bits per heavy atom. The molecule has 1 N–H and O–H groups in total. The van der Waals surface area contributed by atoms with Gasteiger partial charge in [-0.05, 0) is 41.5 Å². The highest BCUT2D eigenvalue weighted by atomic mass is 32.2. The molecule has 0 saturated carbocycles. The van der Waals surface area contributed by atoms with Gasteiger partial charge < -0.3 is 9.80 Å². The zero-order chi connectivity index (χ0) is 22.6. The Kier molecular flexibility index (Phi) is 8.48. The Labute approximate surface area is 183 Å². The van der Waals surface area contributed by atoms with Crippen LogP contribution in [0.3, 0.4) is 0 Å². The maximum Gasteiger partial charge on any atom is 0.241 e. The number of carbonyl (C=O) groups excluding carboxylic acids is 1. The SMILES string of the molecule is CC(C)c1cc(C(C)C)c(S(=O)(=O)NCCC(=O)N2CCN(C)CC2)c(C(C)C)c1. The van der Waals surface area contributed by atoms with Crippen LogP contribution in [0, 0.1) is 0 Å². The summed E-state index contributed by atoms with van der Waals surface area (Å²) >= 11 is 0. The van der Waals surface area contributed by atoms with Crippen molar-refractivity contribution in [3.8, 4) is 0 Å². The normalized spacial score (nSPS) is 16.1. The van der Waals surface area contributed by atoms with Crippen molar-refractivity contribution in [2.24, 2.45) is 0 Å². The smallest absolute Gasteiger partial charge is 0.241 e. The van der Waals surface area contributed by atoms with Crippen LogP contribution >= 0.6 is 0 Å². The highest BCUT2D eigenvalue weighted by Gasteiger charge is 2.27. The number of sulfonamides is 1. The number of benzene rings is 1. The molecule has 0 atom stereocenters. The summed E-state index contributed by atoms with van der Waals surface area (Å²) in [7, 11) is -1.68. The average Bonchev–Trinajstić information content (AvgIpc) is 2.66. The predicted octanol–water partition coefficient (Wildman–Crippen LogP) is 3.50. The number of hydrogen-bond acceptors (Lipinski definition) is 4. The van der Waals surface area contributed by atoms with Crippen LogP contribution in [0.25, 0.3) is 0 Å². The first-order chi connectivity index (χ1) is 13.9. The van der Waals surface area contributed by atoms with Gasteiger partial charge in [0.25, 0.3) is 0 Å². The molecule has 30 heavy (non-hydrogen) atoms. The van der Waals surface area contributed by atoms with Crippen LogP contribution in [0.5, 0.6) is 0 Å². The summed E-state index contributed by atoms with van der Waals surface area (Å²) in [5.74, 6) is 0.500. The van der Waals surface area contributed by atoms with Crippen LogP contribution in [-0.4, -0.2) is 63.9 Å². The second kappa shape index (κ2) is 10.2. The lowest BCUT2D eigenvalue weighted by Crippen LogP contribution is -2.47. The fourth-order valence-electron chi connectivity index (χ4n) is 3.78. The molecule has 7 heteroatoms. The Bertz CT molecular complexity index is 810. The molecule has 0 spiro atoms. The summed E-state index contributed by atoms with van der Waals surface area (Å²) in [6, 6.07) is 4.07. The first-order valence-electron chi connectivity index (χ1n) is 11.1. The molecular formula is C23H39N3O3S. The summed E-state index contributed by atoms with van der Waals surface area (Å²) < 4.78 is 29.4. The van der Waals surface area contributed by atoms with Crippen molar-refractivity contribution in [3.05, 3.63) is 28.8 Å². The highest BCUT2D eigenvalue weighted by molar-refractivity contribution is 7.89. The van der Waals surface area contributed by atoms with Crippen molar-refractivity contribution in [1.82, 2.24) is 14.5 Å². The van der Waals surface area contributed by atoms with Crippen LogP contribution in [0.15, 0.2) is 17.0 Å². The number of nitrogens with zero attached hydrogens (tertiary/aromatic N) is 2. The molecule has 1 amide bonds. The third-order valence-electron chi connectivity index (χ3n) is 5.84. The van der Waals surface area contributed by atoms with Gasteiger partial charge in [0.05, 0.1) is 4.90 Å². The van der Waals surface area contributed by atoms with Crippen LogP contribution in [0.4, 0.5) is 0 Å². The first kappa shape index (κ1) is 24.8. The van der Waals surface area contributed by atoms with Crippen molar-refractivity contribution in [2.45, 2.75) is 70.6 Å². The number of carbonyl (C=O) groups is 1. The minimum atomic E-state index is -3.72. The third kappa shape index (κ3) is 6.05. The molecular weight excluding hydrogens is 398 g/mol. The lowest BCUT2D eigenvalue weighted by Gasteiger charge is -2.32. The van der Waals surface area contributed by atoms with E-state index < -0.39 is 10.0 Å². The zero-order valence-electron chi connectivity index (χ0n) is 19.7. The van der Waals surface area contributed by atoms with Gasteiger partial charge in [0.2, 0.25) is 15.9 Å². The fourth-order valence-corrected chi connectivity index (χ4v) is 5.50. The summed E-state index contributed by atoms with van der Waals surface area (Å²) in [5.41, 5.74) is 2.86. The van der Waals surface area contributed by atoms with E-state index in [1.807, 2.05) is 51.8 Å². The zero-order valence-corrected chi connectivity index (χ0v) is 20.5. The Hall–Kier alpha value is -1.44. The minimum absolute atomic E-state index is 0.00845. The molecule has 0 aliphatic carbocycles. The number of hydrogen-bond donors (Lipinski definition) is 1. The van der Waals surface area contributed by atoms with E-state index in [0.717, 1.165) is 29.8 Å². The number of rotatable bonds is 8. The van der Waals surface area contributed by atoms with Crippen LogP contribution in [-0.2, 0) is 14.8 Å². The van der Waals surface area contributed by atoms with Crippen molar-refractivity contribution >= 4 is 15.9 Å². The van der Waals surface area contributed by atoms with Gasteiger partial charge in [-0.2, -0.15) is 0 Å². The molecule has 0 aromatic heterocycles. The molecule has 6 nitrogen and oxygen atoms in total. The standard InChI is InChI=1S/C23H39N3O3S/c1-16(2)19-14-20(17(3)4)23(21(15-19)18(5)6)30(28,29)24-9-8-22(27)26-12-10-25(7)11-13-26/h14-18,24H,8-13H2,1-7H3. The van der Waals surface area contributed by atoms with Crippen molar-refractivity contribution < 1.29 is 13.2 Å². The molecule has 2 rings (SSSR count). The largest absolute Gasteiger partial charge is 0.340 e. The second-order valence-electron chi connectivity index (χ2n) is 9.32. The van der Waals surface area contributed by atoms with Crippen LogP contribution in [0.1, 0.15) is 82.4 Å². The monoisotopic (exact) mass is 437 g/mol. The van der Waals surface area contributed by atoms with Gasteiger partial charge in [-0.15, -0.1) is 0 Å². The third-order valence-corrected chi connectivity index (χ3v) is 7.43. The summed E-state index contributed by atoms with van der Waals surface area (Å²) in [5, 5.41) is 0. The molecule has 0 radical (unpaired) electrons. The Morgan fingerprint density at radius 1 is 0.933 bits per heavy atom. The summed E-state index contributed by atoms with van der Waals surface area (Å²) in [4.78, 5) is 16.9. The van der Waals surface area contributed by atoms with E-state index in [1.54, 1.807) is 0 Å². The lowest BCUT2D eigenvalue weighted by atomic mass is 9.89. The summed E-state index contributed by atoms with van der Waals surface area (Å²) in [6.45, 7) is 15.6. The number of nitrogens with one attached hydrogen (secondary N) is 1. The van der Waals surface area contributed by atoms with Gasteiger partial charge in [-0.1, -0.05) is 53.7 Å². The van der Waals surface area contributed by atoms with Crippen LogP contribution < -0.4 is 4.72 Å². The van der Waals surface area contributed by atoms with E-state index in [1.165, 1.54) is 0 Å². The number of piperazine rings is 1. The summed E-state index contributed by atoms with van der Waals surface area (Å²) in [6.07, 6.45) is 0.182. The fraction of sp³-hybridized carbons (Fsp3) is 0.696. The quantitative estimate of drug-likeness (QED) is 0.676. The Balaban J connectivity index is 2.22. The van der Waals surface area contributed by atoms with E-state index in [4.69, 9.17) is 0 Å². The van der Waals surface area contributed by atoms with E-state index in [0.29, 0.717) is 23.9 Å². The van der Waals surface area contributed by atoms with Gasteiger partial charge in [0.15, 0.2) is 0 Å². The van der Waals surface area contributed by atoms with E-state index >= 15 is 0 Å². The van der Waals surface area contributed by atoms with Crippen molar-refractivity contribution in [2.75, 3.05) is 39.8 Å². The molecule has 1 aliphatic rings. The van der Waals surface area contributed by atoms with Gasteiger partial charge in [0.1, 0.15) is 0 Å². The number of amides is 1. The van der Waals surface area contributed by atoms with Gasteiger partial charge in [-0.25, -0.2) is 13.1 Å². The van der Waals surface area contributed by atoms with Gasteiger partial charge in [-0.3, -0.25) is 4.79 Å². The van der Waals surface area contributed by atoms with Crippen molar-refractivity contribution in [1.29, 1.82) is 0 Å². The first-order valence-corrected chi connectivity index (χ1v) is 12.6. The highest BCUT2D eigenvalue weighted by Crippen LogP contribution is 2.34. The maximum absolute atomic E-state index is 13.3. The molecule has 1 aromatic rings. The molecule has 1 saturated heterocycles. The van der Waals surface area contributed by atoms with Gasteiger partial charge in [0, 0.05) is 39.1 Å². The van der Waals surface area contributed by atoms with Crippen molar-refractivity contribution in [3.63, 3.8) is 0 Å². The second-order valence-corrected chi connectivity index (χ2v) is 11.0. The molecule has 170 valence electrons.